The van der Waals surface area contributed by atoms with E-state index in [9.17, 15) is 9.18 Å². The van der Waals surface area contributed by atoms with Gasteiger partial charge in [-0.2, -0.15) is 0 Å². The Kier molecular flexibility index (Phi) is 5.21. The molecule has 5 heteroatoms. The summed E-state index contributed by atoms with van der Waals surface area (Å²) in [6.45, 7) is 7.89. The van der Waals surface area contributed by atoms with Gasteiger partial charge >= 0.3 is 0 Å². The number of halogens is 1. The number of benzene rings is 1. The van der Waals surface area contributed by atoms with Gasteiger partial charge in [-0.3, -0.25) is 9.69 Å². The Morgan fingerprint density at radius 2 is 2.00 bits per heavy atom. The van der Waals surface area contributed by atoms with Crippen LogP contribution in [0.25, 0.3) is 0 Å². The van der Waals surface area contributed by atoms with Gasteiger partial charge in [0.05, 0.1) is 5.92 Å². The molecule has 2 saturated heterocycles. The summed E-state index contributed by atoms with van der Waals surface area (Å²) in [6.07, 6.45) is 1.87. The summed E-state index contributed by atoms with van der Waals surface area (Å²) in [4.78, 5) is 15.1. The number of carbonyl (C=O) groups is 1. The van der Waals surface area contributed by atoms with Gasteiger partial charge in [0.1, 0.15) is 5.82 Å². The molecule has 2 heterocycles. The van der Waals surface area contributed by atoms with Crippen LogP contribution in [-0.2, 0) is 16.1 Å². The second-order valence-electron chi connectivity index (χ2n) is 7.49. The Balaban J connectivity index is 1.74. The molecule has 1 spiro atoms. The van der Waals surface area contributed by atoms with Crippen molar-refractivity contribution in [3.05, 3.63) is 35.6 Å². The summed E-state index contributed by atoms with van der Waals surface area (Å²) in [5.74, 6) is -0.0481. The molecule has 0 aliphatic carbocycles. The molecule has 4 nitrogen and oxygen atoms in total. The minimum absolute atomic E-state index is 0.00393. The maximum atomic E-state index is 13.1. The lowest BCUT2D eigenvalue weighted by Gasteiger charge is -2.37. The number of hydrogen-bond acceptors (Lipinski definition) is 3. The lowest BCUT2D eigenvalue weighted by molar-refractivity contribution is -0.130. The fourth-order valence-corrected chi connectivity index (χ4v) is 4.07. The van der Waals surface area contributed by atoms with E-state index in [1.165, 1.54) is 12.1 Å². The largest absolute Gasteiger partial charge is 0.381 e. The van der Waals surface area contributed by atoms with Crippen molar-refractivity contribution in [1.82, 2.24) is 10.2 Å². The van der Waals surface area contributed by atoms with E-state index in [1.807, 2.05) is 26.0 Å². The van der Waals surface area contributed by atoms with Gasteiger partial charge in [-0.05, 0) is 44.4 Å². The van der Waals surface area contributed by atoms with Crippen molar-refractivity contribution in [2.24, 2.45) is 11.3 Å². The van der Waals surface area contributed by atoms with Crippen molar-refractivity contribution < 1.29 is 13.9 Å². The molecule has 1 N–H and O–H groups in total. The average Bonchev–Trinajstić information content (AvgIpc) is 2.87. The lowest BCUT2D eigenvalue weighted by atomic mass is 9.71. The van der Waals surface area contributed by atoms with Gasteiger partial charge in [0.2, 0.25) is 5.91 Å². The van der Waals surface area contributed by atoms with Crippen LogP contribution in [-0.4, -0.2) is 43.2 Å². The van der Waals surface area contributed by atoms with E-state index in [0.29, 0.717) is 0 Å². The van der Waals surface area contributed by atoms with Crippen molar-refractivity contribution in [2.75, 3.05) is 26.3 Å². The summed E-state index contributed by atoms with van der Waals surface area (Å²) in [5, 5.41) is 3.09. The molecule has 0 saturated carbocycles. The first-order chi connectivity index (χ1) is 11.5. The van der Waals surface area contributed by atoms with Crippen LogP contribution in [0.15, 0.2) is 24.3 Å². The molecule has 1 amide bonds. The maximum absolute atomic E-state index is 13.1. The molecule has 2 aliphatic heterocycles. The van der Waals surface area contributed by atoms with Crippen LogP contribution in [0.4, 0.5) is 4.39 Å². The summed E-state index contributed by atoms with van der Waals surface area (Å²) in [6, 6.07) is 6.80. The fourth-order valence-electron chi connectivity index (χ4n) is 4.07. The van der Waals surface area contributed by atoms with E-state index in [0.717, 1.165) is 51.3 Å². The summed E-state index contributed by atoms with van der Waals surface area (Å²) >= 11 is 0. The third kappa shape index (κ3) is 3.78. The van der Waals surface area contributed by atoms with Gasteiger partial charge < -0.3 is 10.1 Å². The fraction of sp³-hybridized carbons (Fsp3) is 0.632. The molecule has 0 aromatic heterocycles. The first-order valence-corrected chi connectivity index (χ1v) is 8.83. The number of amides is 1. The monoisotopic (exact) mass is 334 g/mol. The second-order valence-corrected chi connectivity index (χ2v) is 7.49. The molecule has 1 atom stereocenters. The highest BCUT2D eigenvalue weighted by Gasteiger charge is 2.50. The Hall–Kier alpha value is -1.46. The number of ether oxygens (including phenoxy) is 1. The first kappa shape index (κ1) is 17.4. The molecule has 2 aliphatic rings. The molecule has 0 bridgehead atoms. The highest BCUT2D eigenvalue weighted by atomic mass is 19.1. The molecular weight excluding hydrogens is 307 g/mol. The third-order valence-electron chi connectivity index (χ3n) is 5.27. The van der Waals surface area contributed by atoms with Gasteiger partial charge in [-0.1, -0.05) is 12.1 Å². The highest BCUT2D eigenvalue weighted by molar-refractivity contribution is 5.80. The van der Waals surface area contributed by atoms with Crippen molar-refractivity contribution >= 4 is 5.91 Å². The van der Waals surface area contributed by atoms with E-state index < -0.39 is 0 Å². The number of likely N-dealkylation sites (tertiary alicyclic amines) is 1. The van der Waals surface area contributed by atoms with Crippen molar-refractivity contribution in [3.8, 4) is 0 Å². The van der Waals surface area contributed by atoms with Gasteiger partial charge in [-0.15, -0.1) is 0 Å². The smallest absolute Gasteiger partial charge is 0.225 e. The summed E-state index contributed by atoms with van der Waals surface area (Å²) in [5.41, 5.74) is 1.10. The molecule has 1 aromatic rings. The standard InChI is InChI=1S/C19H27FN2O2/c1-14(2)21-18(23)17-12-22(11-15-3-5-16(20)6-4-15)13-19(17)7-9-24-10-8-19/h3-6,14,17H,7-13H2,1-2H3,(H,21,23)/t17-/m1/s1. The zero-order valence-corrected chi connectivity index (χ0v) is 14.6. The molecule has 0 radical (unpaired) electrons. The molecule has 2 fully saturated rings. The molecule has 1 aromatic carbocycles. The van der Waals surface area contributed by atoms with Gasteiger partial charge in [0.15, 0.2) is 0 Å². The number of nitrogens with zero attached hydrogens (tertiary/aromatic N) is 1. The maximum Gasteiger partial charge on any atom is 0.225 e. The van der Waals surface area contributed by atoms with E-state index in [1.54, 1.807) is 0 Å². The Morgan fingerprint density at radius 1 is 1.33 bits per heavy atom. The lowest BCUT2D eigenvalue weighted by Crippen LogP contribution is -2.46. The van der Waals surface area contributed by atoms with Crippen LogP contribution in [0.2, 0.25) is 0 Å². The van der Waals surface area contributed by atoms with Gasteiger partial charge in [0, 0.05) is 44.3 Å². The van der Waals surface area contributed by atoms with Crippen LogP contribution < -0.4 is 5.32 Å². The van der Waals surface area contributed by atoms with Crippen molar-refractivity contribution in [3.63, 3.8) is 0 Å². The minimum atomic E-state index is -0.213. The predicted octanol–water partition coefficient (Wildman–Crippen LogP) is 2.58. The topological polar surface area (TPSA) is 41.6 Å². The van der Waals surface area contributed by atoms with E-state index in [2.05, 4.69) is 10.2 Å². The van der Waals surface area contributed by atoms with Crippen LogP contribution in [0.1, 0.15) is 32.3 Å². The Morgan fingerprint density at radius 3 is 2.62 bits per heavy atom. The number of nitrogens with one attached hydrogen (secondary N) is 1. The van der Waals surface area contributed by atoms with E-state index in [-0.39, 0.29) is 29.1 Å². The number of rotatable bonds is 4. The van der Waals surface area contributed by atoms with Crippen LogP contribution >= 0.6 is 0 Å². The van der Waals surface area contributed by atoms with Gasteiger partial charge in [-0.25, -0.2) is 4.39 Å². The number of carbonyl (C=O) groups excluding carboxylic acids is 1. The predicted molar refractivity (Wildman–Crippen MR) is 90.9 cm³/mol. The molecular formula is C19H27FN2O2. The quantitative estimate of drug-likeness (QED) is 0.920. The first-order valence-electron chi connectivity index (χ1n) is 8.83. The van der Waals surface area contributed by atoms with Crippen LogP contribution in [0.5, 0.6) is 0 Å². The van der Waals surface area contributed by atoms with Crippen molar-refractivity contribution in [2.45, 2.75) is 39.3 Å². The van der Waals surface area contributed by atoms with Crippen LogP contribution in [0.3, 0.4) is 0 Å². The normalized spacial score (nSPS) is 23.8. The van der Waals surface area contributed by atoms with Crippen molar-refractivity contribution in [1.29, 1.82) is 0 Å². The molecule has 132 valence electrons. The number of hydrogen-bond donors (Lipinski definition) is 1. The molecule has 3 rings (SSSR count). The third-order valence-corrected chi connectivity index (χ3v) is 5.27. The Labute approximate surface area is 143 Å². The zero-order valence-electron chi connectivity index (χ0n) is 14.6. The Bertz CT molecular complexity index is 567. The summed E-state index contributed by atoms with van der Waals surface area (Å²) < 4.78 is 18.6. The van der Waals surface area contributed by atoms with E-state index in [4.69, 9.17) is 4.74 Å². The van der Waals surface area contributed by atoms with Gasteiger partial charge in [0.25, 0.3) is 0 Å². The molecule has 24 heavy (non-hydrogen) atoms. The average molecular weight is 334 g/mol. The highest BCUT2D eigenvalue weighted by Crippen LogP contribution is 2.44. The van der Waals surface area contributed by atoms with Crippen LogP contribution in [0, 0.1) is 17.2 Å². The summed E-state index contributed by atoms with van der Waals surface area (Å²) in [7, 11) is 0. The van der Waals surface area contributed by atoms with E-state index >= 15 is 0 Å². The second kappa shape index (κ2) is 7.19. The zero-order chi connectivity index (χ0) is 17.2. The molecule has 0 unspecified atom stereocenters. The SMILES string of the molecule is CC(C)NC(=O)[C@H]1CN(Cc2ccc(F)cc2)CC12CCOCC2. The minimum Gasteiger partial charge on any atom is -0.381 e.